The molecule has 0 amide bonds. The second-order valence-corrected chi connectivity index (χ2v) is 4.78. The molecule has 88 valence electrons. The molecular weight excluding hydrogens is 204 g/mol. The van der Waals surface area contributed by atoms with Crippen LogP contribution in [0.4, 0.5) is 5.95 Å². The Kier molecular flexibility index (Phi) is 3.07. The first-order valence-electron chi connectivity index (χ1n) is 5.49. The Morgan fingerprint density at radius 3 is 2.56 bits per heavy atom. The van der Waals surface area contributed by atoms with Crippen LogP contribution >= 0.6 is 0 Å². The van der Waals surface area contributed by atoms with Crippen LogP contribution < -0.4 is 5.73 Å². The van der Waals surface area contributed by atoms with Crippen LogP contribution in [0.25, 0.3) is 0 Å². The molecule has 5 nitrogen and oxygen atoms in total. The monoisotopic (exact) mass is 222 g/mol. The Bertz CT molecular complexity index is 348. The number of aliphatic hydroxyl groups excluding tert-OH is 1. The Balaban J connectivity index is 1.87. The van der Waals surface area contributed by atoms with E-state index in [1.165, 1.54) is 0 Å². The van der Waals surface area contributed by atoms with Crippen LogP contribution in [-0.2, 0) is 6.54 Å². The molecular formula is C11H18N4O. The normalized spacial score (nSPS) is 17.7. The third kappa shape index (κ3) is 2.68. The van der Waals surface area contributed by atoms with Crippen molar-refractivity contribution in [1.82, 2.24) is 14.9 Å². The van der Waals surface area contributed by atoms with Crippen molar-refractivity contribution in [3.05, 3.63) is 18.0 Å². The van der Waals surface area contributed by atoms with Crippen molar-refractivity contribution in [3.63, 3.8) is 0 Å². The zero-order chi connectivity index (χ0) is 11.6. The molecule has 0 bridgehead atoms. The third-order valence-corrected chi connectivity index (χ3v) is 3.08. The first kappa shape index (κ1) is 11.3. The summed E-state index contributed by atoms with van der Waals surface area (Å²) < 4.78 is 0. The number of aliphatic hydroxyl groups is 1. The predicted molar refractivity (Wildman–Crippen MR) is 61.5 cm³/mol. The van der Waals surface area contributed by atoms with E-state index in [0.29, 0.717) is 5.95 Å². The lowest BCUT2D eigenvalue weighted by Crippen LogP contribution is -2.28. The number of hydrogen-bond donors (Lipinski definition) is 2. The highest BCUT2D eigenvalue weighted by atomic mass is 16.3. The topological polar surface area (TPSA) is 75.3 Å². The number of nitrogen functional groups attached to an aromatic ring is 1. The van der Waals surface area contributed by atoms with Crippen LogP contribution in [0.2, 0.25) is 0 Å². The maximum absolute atomic E-state index is 9.24. The van der Waals surface area contributed by atoms with Gasteiger partial charge in [-0.15, -0.1) is 0 Å². The molecule has 0 spiro atoms. The Morgan fingerprint density at radius 2 is 2.06 bits per heavy atom. The number of nitrogens with zero attached hydrogens (tertiary/aromatic N) is 3. The molecule has 1 aliphatic carbocycles. The van der Waals surface area contributed by atoms with Gasteiger partial charge in [-0.3, -0.25) is 0 Å². The van der Waals surface area contributed by atoms with Crippen LogP contribution in [0.3, 0.4) is 0 Å². The van der Waals surface area contributed by atoms with Gasteiger partial charge in [-0.05, 0) is 19.9 Å². The largest absolute Gasteiger partial charge is 0.396 e. The van der Waals surface area contributed by atoms with Crippen molar-refractivity contribution in [2.75, 3.05) is 25.9 Å². The number of anilines is 1. The van der Waals surface area contributed by atoms with E-state index >= 15 is 0 Å². The van der Waals surface area contributed by atoms with E-state index in [1.54, 1.807) is 12.4 Å². The van der Waals surface area contributed by atoms with E-state index in [4.69, 9.17) is 5.73 Å². The van der Waals surface area contributed by atoms with Crippen molar-refractivity contribution >= 4 is 5.95 Å². The summed E-state index contributed by atoms with van der Waals surface area (Å²) in [6, 6.07) is 0. The highest BCUT2D eigenvalue weighted by Gasteiger charge is 2.42. The molecule has 3 N–H and O–H groups in total. The fourth-order valence-corrected chi connectivity index (χ4v) is 1.93. The van der Waals surface area contributed by atoms with E-state index in [9.17, 15) is 5.11 Å². The van der Waals surface area contributed by atoms with Crippen LogP contribution in [0, 0.1) is 5.41 Å². The number of nitrogens with two attached hydrogens (primary N) is 1. The number of rotatable bonds is 5. The molecule has 0 saturated heterocycles. The van der Waals surface area contributed by atoms with Gasteiger partial charge in [0.2, 0.25) is 5.95 Å². The number of aromatic nitrogens is 2. The highest BCUT2D eigenvalue weighted by Crippen LogP contribution is 2.45. The quantitative estimate of drug-likeness (QED) is 0.747. The van der Waals surface area contributed by atoms with E-state index in [-0.39, 0.29) is 12.0 Å². The standard InChI is InChI=1S/C11H18N4O/c1-15(7-11(8-16)2-3-11)6-9-4-13-10(12)14-5-9/h4-5,16H,2-3,6-8H2,1H3,(H2,12,13,14). The molecule has 0 radical (unpaired) electrons. The van der Waals surface area contributed by atoms with Crippen molar-refractivity contribution < 1.29 is 5.11 Å². The van der Waals surface area contributed by atoms with E-state index in [2.05, 4.69) is 14.9 Å². The minimum atomic E-state index is 0.156. The second kappa shape index (κ2) is 4.35. The zero-order valence-corrected chi connectivity index (χ0v) is 9.56. The molecule has 1 saturated carbocycles. The van der Waals surface area contributed by atoms with Gasteiger partial charge in [-0.1, -0.05) is 0 Å². The SMILES string of the molecule is CN(Cc1cnc(N)nc1)CC1(CO)CC1. The molecule has 1 heterocycles. The van der Waals surface area contributed by atoms with E-state index in [0.717, 1.165) is 31.5 Å². The summed E-state index contributed by atoms with van der Waals surface area (Å²) in [4.78, 5) is 10.1. The first-order valence-corrected chi connectivity index (χ1v) is 5.49. The second-order valence-electron chi connectivity index (χ2n) is 4.78. The lowest BCUT2D eigenvalue weighted by atomic mass is 10.1. The van der Waals surface area contributed by atoms with Crippen LogP contribution in [0.1, 0.15) is 18.4 Å². The summed E-state index contributed by atoms with van der Waals surface area (Å²) in [5.41, 5.74) is 6.62. The van der Waals surface area contributed by atoms with Gasteiger partial charge in [0.25, 0.3) is 0 Å². The molecule has 0 aliphatic heterocycles. The Morgan fingerprint density at radius 1 is 1.44 bits per heavy atom. The molecule has 1 aromatic rings. The van der Waals surface area contributed by atoms with Gasteiger partial charge in [0.15, 0.2) is 0 Å². The molecule has 5 heteroatoms. The summed E-state index contributed by atoms with van der Waals surface area (Å²) in [5, 5.41) is 9.24. The Hall–Kier alpha value is -1.20. The van der Waals surface area contributed by atoms with Crippen LogP contribution in [0.5, 0.6) is 0 Å². The van der Waals surface area contributed by atoms with Gasteiger partial charge in [0.1, 0.15) is 0 Å². The summed E-state index contributed by atoms with van der Waals surface area (Å²) >= 11 is 0. The van der Waals surface area contributed by atoms with Crippen molar-refractivity contribution in [1.29, 1.82) is 0 Å². The Labute approximate surface area is 95.3 Å². The molecule has 0 unspecified atom stereocenters. The summed E-state index contributed by atoms with van der Waals surface area (Å²) in [6.45, 7) is 2.01. The van der Waals surface area contributed by atoms with Crippen LogP contribution in [0.15, 0.2) is 12.4 Å². The van der Waals surface area contributed by atoms with Crippen molar-refractivity contribution in [2.24, 2.45) is 5.41 Å². The van der Waals surface area contributed by atoms with Gasteiger partial charge in [0, 0.05) is 43.1 Å². The highest BCUT2D eigenvalue weighted by molar-refractivity contribution is 5.17. The zero-order valence-electron chi connectivity index (χ0n) is 9.56. The van der Waals surface area contributed by atoms with E-state index in [1.807, 2.05) is 7.05 Å². The molecule has 16 heavy (non-hydrogen) atoms. The molecule has 0 atom stereocenters. The average molecular weight is 222 g/mol. The lowest BCUT2D eigenvalue weighted by molar-refractivity contribution is 0.161. The summed E-state index contributed by atoms with van der Waals surface area (Å²) in [7, 11) is 2.05. The summed E-state index contributed by atoms with van der Waals surface area (Å²) in [5.74, 6) is 0.306. The fourth-order valence-electron chi connectivity index (χ4n) is 1.93. The fraction of sp³-hybridized carbons (Fsp3) is 0.636. The van der Waals surface area contributed by atoms with Gasteiger partial charge in [-0.25, -0.2) is 9.97 Å². The molecule has 0 aromatic carbocycles. The molecule has 1 aromatic heterocycles. The van der Waals surface area contributed by atoms with E-state index < -0.39 is 0 Å². The van der Waals surface area contributed by atoms with Gasteiger partial charge < -0.3 is 15.7 Å². The molecule has 2 rings (SSSR count). The third-order valence-electron chi connectivity index (χ3n) is 3.08. The number of hydrogen-bond acceptors (Lipinski definition) is 5. The van der Waals surface area contributed by atoms with Crippen molar-refractivity contribution in [3.8, 4) is 0 Å². The van der Waals surface area contributed by atoms with Crippen LogP contribution in [-0.4, -0.2) is 40.2 Å². The predicted octanol–water partition coefficient (Wildman–Crippen LogP) is 0.263. The maximum Gasteiger partial charge on any atom is 0.219 e. The minimum Gasteiger partial charge on any atom is -0.396 e. The lowest BCUT2D eigenvalue weighted by Gasteiger charge is -2.21. The first-order chi connectivity index (χ1) is 7.63. The van der Waals surface area contributed by atoms with Gasteiger partial charge >= 0.3 is 0 Å². The van der Waals surface area contributed by atoms with Gasteiger partial charge in [0.05, 0.1) is 0 Å². The van der Waals surface area contributed by atoms with Gasteiger partial charge in [-0.2, -0.15) is 0 Å². The minimum absolute atomic E-state index is 0.156. The molecule has 1 fully saturated rings. The maximum atomic E-state index is 9.24. The average Bonchev–Trinajstić information content (AvgIpc) is 3.02. The summed E-state index contributed by atoms with van der Waals surface area (Å²) in [6.07, 6.45) is 5.76. The smallest absolute Gasteiger partial charge is 0.219 e. The van der Waals surface area contributed by atoms with Crippen molar-refractivity contribution in [2.45, 2.75) is 19.4 Å². The molecule has 1 aliphatic rings.